The molecule has 0 saturated carbocycles. The fourth-order valence-corrected chi connectivity index (χ4v) is 4.20. The van der Waals surface area contributed by atoms with Gasteiger partial charge in [0.15, 0.2) is 0 Å². The molecule has 7 heteroatoms. The Morgan fingerprint density at radius 2 is 1.71 bits per heavy atom. The summed E-state index contributed by atoms with van der Waals surface area (Å²) in [5.41, 5.74) is 4.16. The lowest BCUT2D eigenvalue weighted by Gasteiger charge is -2.31. The predicted octanol–water partition coefficient (Wildman–Crippen LogP) is 3.44. The fraction of sp³-hybridized carbons (Fsp3) is 0.333. The van der Waals surface area contributed by atoms with Crippen molar-refractivity contribution in [3.63, 3.8) is 0 Å². The Kier molecular flexibility index (Phi) is 6.32. The molecular formula is C24H28FN5O. The molecule has 1 saturated heterocycles. The zero-order valence-corrected chi connectivity index (χ0v) is 18.0. The van der Waals surface area contributed by atoms with Crippen LogP contribution in [0.4, 0.5) is 10.2 Å². The molecule has 0 radical (unpaired) electrons. The first-order valence-electron chi connectivity index (χ1n) is 10.7. The highest BCUT2D eigenvalue weighted by molar-refractivity contribution is 6.07. The molecule has 3 heterocycles. The molecule has 1 aliphatic heterocycles. The van der Waals surface area contributed by atoms with Crippen LogP contribution in [0.25, 0.3) is 22.3 Å². The molecule has 0 unspecified atom stereocenters. The van der Waals surface area contributed by atoms with Crippen molar-refractivity contribution in [3.05, 3.63) is 60.3 Å². The fourth-order valence-electron chi connectivity index (χ4n) is 4.20. The van der Waals surface area contributed by atoms with E-state index in [0.29, 0.717) is 12.2 Å². The Balaban J connectivity index is 2.00. The molecule has 6 nitrogen and oxygen atoms in total. The van der Waals surface area contributed by atoms with Crippen LogP contribution in [0.3, 0.4) is 0 Å². The van der Waals surface area contributed by atoms with Gasteiger partial charge in [0.25, 0.3) is 5.91 Å². The number of anilines is 1. The van der Waals surface area contributed by atoms with Gasteiger partial charge in [-0.1, -0.05) is 19.1 Å². The number of benzene rings is 1. The van der Waals surface area contributed by atoms with Gasteiger partial charge in [0.2, 0.25) is 0 Å². The van der Waals surface area contributed by atoms with E-state index in [1.807, 2.05) is 30.7 Å². The molecule has 4 rings (SSSR count). The summed E-state index contributed by atoms with van der Waals surface area (Å²) < 4.78 is 15.7. The standard InChI is InChI=1S/C24H28FN5O/c1-3-10-28-23(31)22-20(17-4-6-19(25)7-5-17)21(18-8-11-26-12-9-18)24(29(22)2)30-15-13-27-14-16-30/h4-9,11-12,27H,3,10,13-16H2,1-2H3,(H,28,31). The van der Waals surface area contributed by atoms with E-state index in [-0.39, 0.29) is 11.7 Å². The molecule has 3 aromatic rings. The zero-order chi connectivity index (χ0) is 21.8. The quantitative estimate of drug-likeness (QED) is 0.640. The average Bonchev–Trinajstić information content (AvgIpc) is 3.12. The molecule has 0 aliphatic carbocycles. The molecule has 2 N–H and O–H groups in total. The second kappa shape index (κ2) is 9.31. The Bertz CT molecular complexity index is 1040. The summed E-state index contributed by atoms with van der Waals surface area (Å²) in [6.07, 6.45) is 4.37. The summed E-state index contributed by atoms with van der Waals surface area (Å²) in [5.74, 6) is 0.568. The second-order valence-corrected chi connectivity index (χ2v) is 7.72. The van der Waals surface area contributed by atoms with Crippen LogP contribution in [0.2, 0.25) is 0 Å². The molecule has 2 aromatic heterocycles. The number of carbonyl (C=O) groups excluding carboxylic acids is 1. The molecule has 0 bridgehead atoms. The Morgan fingerprint density at radius 1 is 1.06 bits per heavy atom. The van der Waals surface area contributed by atoms with Crippen molar-refractivity contribution in [2.75, 3.05) is 37.6 Å². The van der Waals surface area contributed by atoms with Crippen LogP contribution in [-0.2, 0) is 7.05 Å². The third-order valence-electron chi connectivity index (χ3n) is 5.63. The van der Waals surface area contributed by atoms with Crippen molar-refractivity contribution in [1.82, 2.24) is 20.2 Å². The van der Waals surface area contributed by atoms with E-state index >= 15 is 0 Å². The average molecular weight is 422 g/mol. The first-order valence-corrected chi connectivity index (χ1v) is 10.7. The van der Waals surface area contributed by atoms with Gasteiger partial charge in [-0.05, 0) is 41.8 Å². The van der Waals surface area contributed by atoms with Gasteiger partial charge < -0.3 is 20.1 Å². The van der Waals surface area contributed by atoms with Crippen molar-refractivity contribution in [1.29, 1.82) is 0 Å². The first kappa shape index (κ1) is 21.1. The van der Waals surface area contributed by atoms with E-state index in [0.717, 1.165) is 60.7 Å². The molecule has 1 fully saturated rings. The summed E-state index contributed by atoms with van der Waals surface area (Å²) in [6.45, 7) is 6.07. The van der Waals surface area contributed by atoms with E-state index in [4.69, 9.17) is 0 Å². The minimum absolute atomic E-state index is 0.125. The van der Waals surface area contributed by atoms with Crippen LogP contribution < -0.4 is 15.5 Å². The predicted molar refractivity (Wildman–Crippen MR) is 122 cm³/mol. The normalized spacial score (nSPS) is 14.0. The maximum Gasteiger partial charge on any atom is 0.268 e. The van der Waals surface area contributed by atoms with Crippen LogP contribution >= 0.6 is 0 Å². The molecule has 31 heavy (non-hydrogen) atoms. The van der Waals surface area contributed by atoms with Gasteiger partial charge in [-0.15, -0.1) is 0 Å². The smallest absolute Gasteiger partial charge is 0.268 e. The number of nitrogens with zero attached hydrogens (tertiary/aromatic N) is 3. The second-order valence-electron chi connectivity index (χ2n) is 7.72. The Morgan fingerprint density at radius 3 is 2.35 bits per heavy atom. The van der Waals surface area contributed by atoms with Crippen molar-refractivity contribution >= 4 is 11.7 Å². The van der Waals surface area contributed by atoms with Crippen molar-refractivity contribution in [2.45, 2.75) is 13.3 Å². The van der Waals surface area contributed by atoms with Gasteiger partial charge in [0.05, 0.1) is 0 Å². The van der Waals surface area contributed by atoms with E-state index in [1.165, 1.54) is 12.1 Å². The van der Waals surface area contributed by atoms with Crippen molar-refractivity contribution in [3.8, 4) is 22.3 Å². The summed E-state index contributed by atoms with van der Waals surface area (Å²) in [7, 11) is 1.94. The lowest BCUT2D eigenvalue weighted by molar-refractivity contribution is 0.0946. The number of piperazine rings is 1. The maximum absolute atomic E-state index is 13.7. The van der Waals surface area contributed by atoms with Crippen LogP contribution in [0.15, 0.2) is 48.8 Å². The number of pyridine rings is 1. The minimum Gasteiger partial charge on any atom is -0.355 e. The van der Waals surface area contributed by atoms with Crippen molar-refractivity contribution in [2.24, 2.45) is 7.05 Å². The highest BCUT2D eigenvalue weighted by Crippen LogP contribution is 2.44. The van der Waals surface area contributed by atoms with Gasteiger partial charge >= 0.3 is 0 Å². The number of carbonyl (C=O) groups is 1. The van der Waals surface area contributed by atoms with E-state index in [1.54, 1.807) is 24.5 Å². The van der Waals surface area contributed by atoms with Gasteiger partial charge in [0.1, 0.15) is 17.3 Å². The maximum atomic E-state index is 13.7. The summed E-state index contributed by atoms with van der Waals surface area (Å²) in [6, 6.07) is 10.3. The zero-order valence-electron chi connectivity index (χ0n) is 18.0. The minimum atomic E-state index is -0.301. The summed E-state index contributed by atoms with van der Waals surface area (Å²) in [5, 5.41) is 6.42. The first-order chi connectivity index (χ1) is 15.1. The number of halogens is 1. The van der Waals surface area contributed by atoms with E-state index in [9.17, 15) is 9.18 Å². The molecule has 0 atom stereocenters. The van der Waals surface area contributed by atoms with Gasteiger partial charge in [-0.2, -0.15) is 0 Å². The van der Waals surface area contributed by atoms with Crippen LogP contribution in [-0.4, -0.2) is 48.2 Å². The van der Waals surface area contributed by atoms with E-state index in [2.05, 4.69) is 20.5 Å². The molecule has 1 amide bonds. The Labute approximate surface area is 182 Å². The number of hydrogen-bond donors (Lipinski definition) is 2. The largest absolute Gasteiger partial charge is 0.355 e. The van der Waals surface area contributed by atoms with Crippen LogP contribution in [0, 0.1) is 5.82 Å². The van der Waals surface area contributed by atoms with Crippen LogP contribution in [0.1, 0.15) is 23.8 Å². The highest BCUT2D eigenvalue weighted by Gasteiger charge is 2.30. The van der Waals surface area contributed by atoms with Gasteiger partial charge in [0, 0.05) is 63.3 Å². The third kappa shape index (κ3) is 4.18. The molecule has 0 spiro atoms. The van der Waals surface area contributed by atoms with Gasteiger partial charge in [-0.25, -0.2) is 4.39 Å². The lowest BCUT2D eigenvalue weighted by atomic mass is 9.96. The Hall–Kier alpha value is -3.19. The topological polar surface area (TPSA) is 62.2 Å². The van der Waals surface area contributed by atoms with Crippen LogP contribution in [0.5, 0.6) is 0 Å². The monoisotopic (exact) mass is 421 g/mol. The highest BCUT2D eigenvalue weighted by atomic mass is 19.1. The molecule has 1 aliphatic rings. The number of aromatic nitrogens is 2. The molecule has 1 aromatic carbocycles. The molecular weight excluding hydrogens is 393 g/mol. The summed E-state index contributed by atoms with van der Waals surface area (Å²) in [4.78, 5) is 19.8. The SMILES string of the molecule is CCCNC(=O)c1c(-c2ccc(F)cc2)c(-c2ccncc2)c(N2CCNCC2)n1C. The molecule has 162 valence electrons. The number of amides is 1. The number of rotatable bonds is 6. The lowest BCUT2D eigenvalue weighted by Crippen LogP contribution is -2.44. The summed E-state index contributed by atoms with van der Waals surface area (Å²) >= 11 is 0. The number of nitrogens with one attached hydrogen (secondary N) is 2. The van der Waals surface area contributed by atoms with Crippen molar-refractivity contribution < 1.29 is 9.18 Å². The van der Waals surface area contributed by atoms with Gasteiger partial charge in [-0.3, -0.25) is 9.78 Å². The van der Waals surface area contributed by atoms with E-state index < -0.39 is 0 Å². The number of hydrogen-bond acceptors (Lipinski definition) is 4. The third-order valence-corrected chi connectivity index (χ3v) is 5.63.